The fourth-order valence-electron chi connectivity index (χ4n) is 1.55. The van der Waals surface area contributed by atoms with Gasteiger partial charge in [0.05, 0.1) is 11.9 Å². The zero-order chi connectivity index (χ0) is 12.3. The molecule has 0 amide bonds. The minimum absolute atomic E-state index is 0.0847. The Kier molecular flexibility index (Phi) is 3.55. The summed E-state index contributed by atoms with van der Waals surface area (Å²) in [4.78, 5) is 3.55. The normalized spacial score (nSPS) is 17.9. The first-order chi connectivity index (χ1) is 8.09. The monoisotopic (exact) mass is 260 g/mol. The third-order valence-electron chi connectivity index (χ3n) is 2.43. The summed E-state index contributed by atoms with van der Waals surface area (Å²) in [6, 6.07) is 1.29. The number of halogens is 1. The van der Waals surface area contributed by atoms with Crippen LogP contribution < -0.4 is 10.0 Å². The molecule has 0 saturated carbocycles. The molecule has 0 radical (unpaired) electrons. The van der Waals surface area contributed by atoms with E-state index >= 15 is 0 Å². The first-order valence-electron chi connectivity index (χ1n) is 5.18. The first-order valence-corrected chi connectivity index (χ1v) is 6.62. The number of rotatable bonds is 3. The zero-order valence-corrected chi connectivity index (χ0v) is 9.87. The highest BCUT2D eigenvalue weighted by Crippen LogP contribution is 2.14. The van der Waals surface area contributed by atoms with Crippen LogP contribution in [0, 0.1) is 5.82 Å². The van der Waals surface area contributed by atoms with Crippen LogP contribution in [0.4, 0.5) is 10.1 Å². The van der Waals surface area contributed by atoms with E-state index < -0.39 is 16.0 Å². The van der Waals surface area contributed by atoms with Crippen LogP contribution >= 0.6 is 0 Å². The summed E-state index contributed by atoms with van der Waals surface area (Å²) in [7, 11) is -3.68. The van der Waals surface area contributed by atoms with E-state index in [1.54, 1.807) is 0 Å². The van der Waals surface area contributed by atoms with Gasteiger partial charge in [-0.3, -0.25) is 9.71 Å². The third-order valence-corrected chi connectivity index (χ3v) is 3.95. The van der Waals surface area contributed by atoms with Gasteiger partial charge in [0.15, 0.2) is 5.82 Å². The van der Waals surface area contributed by atoms with Crippen molar-refractivity contribution in [2.24, 2.45) is 0 Å². The summed E-state index contributed by atoms with van der Waals surface area (Å²) in [6.45, 7) is 1.95. The van der Waals surface area contributed by atoms with Gasteiger partial charge in [-0.05, 0) is 6.07 Å². The molecule has 1 fully saturated rings. The van der Waals surface area contributed by atoms with E-state index in [1.165, 1.54) is 16.6 Å². The second-order valence-corrected chi connectivity index (χ2v) is 5.28. The van der Waals surface area contributed by atoms with Crippen molar-refractivity contribution >= 4 is 15.9 Å². The Bertz CT molecular complexity index is 488. The van der Waals surface area contributed by atoms with E-state index in [9.17, 15) is 12.8 Å². The van der Waals surface area contributed by atoms with Gasteiger partial charge in [0.25, 0.3) is 0 Å². The van der Waals surface area contributed by atoms with Crippen LogP contribution in [0.15, 0.2) is 18.5 Å². The topological polar surface area (TPSA) is 74.3 Å². The maximum atomic E-state index is 13.3. The summed E-state index contributed by atoms with van der Waals surface area (Å²) in [5.41, 5.74) is -0.0847. The molecule has 2 rings (SSSR count). The highest BCUT2D eigenvalue weighted by atomic mass is 32.2. The lowest BCUT2D eigenvalue weighted by Crippen LogP contribution is -2.48. The van der Waals surface area contributed by atoms with Gasteiger partial charge in [0, 0.05) is 32.4 Å². The van der Waals surface area contributed by atoms with E-state index in [4.69, 9.17) is 0 Å². The summed E-state index contributed by atoms with van der Waals surface area (Å²) < 4.78 is 40.6. The van der Waals surface area contributed by atoms with Gasteiger partial charge < -0.3 is 5.32 Å². The van der Waals surface area contributed by atoms with E-state index in [1.807, 2.05) is 0 Å². The highest BCUT2D eigenvalue weighted by Gasteiger charge is 2.24. The lowest BCUT2D eigenvalue weighted by Gasteiger charge is -2.26. The van der Waals surface area contributed by atoms with Gasteiger partial charge in [-0.25, -0.2) is 4.39 Å². The lowest BCUT2D eigenvalue weighted by atomic mass is 10.4. The van der Waals surface area contributed by atoms with Crippen molar-refractivity contribution in [1.29, 1.82) is 0 Å². The van der Waals surface area contributed by atoms with Crippen molar-refractivity contribution in [2.45, 2.75) is 0 Å². The number of hydrogen-bond acceptors (Lipinski definition) is 4. The van der Waals surface area contributed by atoms with Crippen LogP contribution in [0.2, 0.25) is 0 Å². The molecule has 94 valence electrons. The van der Waals surface area contributed by atoms with Gasteiger partial charge in [0.1, 0.15) is 0 Å². The highest BCUT2D eigenvalue weighted by molar-refractivity contribution is 7.90. The quantitative estimate of drug-likeness (QED) is 0.788. The van der Waals surface area contributed by atoms with Crippen molar-refractivity contribution in [3.8, 4) is 0 Å². The van der Waals surface area contributed by atoms with E-state index in [0.29, 0.717) is 26.2 Å². The summed E-state index contributed by atoms with van der Waals surface area (Å²) in [5, 5.41) is 3.04. The largest absolute Gasteiger partial charge is 0.314 e. The average Bonchev–Trinajstić information content (AvgIpc) is 2.33. The third kappa shape index (κ3) is 2.90. The van der Waals surface area contributed by atoms with E-state index in [2.05, 4.69) is 15.0 Å². The zero-order valence-electron chi connectivity index (χ0n) is 9.06. The van der Waals surface area contributed by atoms with Crippen molar-refractivity contribution in [2.75, 3.05) is 30.9 Å². The van der Waals surface area contributed by atoms with Crippen molar-refractivity contribution < 1.29 is 12.8 Å². The fourth-order valence-corrected chi connectivity index (χ4v) is 2.78. The molecule has 2 N–H and O–H groups in total. The Balaban J connectivity index is 2.14. The first kappa shape index (κ1) is 12.2. The number of pyridine rings is 1. The van der Waals surface area contributed by atoms with Crippen molar-refractivity contribution in [3.63, 3.8) is 0 Å². The molecule has 17 heavy (non-hydrogen) atoms. The molecule has 0 bridgehead atoms. The lowest BCUT2D eigenvalue weighted by molar-refractivity contribution is 0.362. The van der Waals surface area contributed by atoms with Crippen LogP contribution in [0.5, 0.6) is 0 Å². The van der Waals surface area contributed by atoms with Crippen LogP contribution in [-0.4, -0.2) is 43.9 Å². The molecule has 1 aliphatic rings. The smallest absolute Gasteiger partial charge is 0.301 e. The fraction of sp³-hybridized carbons (Fsp3) is 0.444. The van der Waals surface area contributed by atoms with Crippen LogP contribution in [-0.2, 0) is 10.2 Å². The van der Waals surface area contributed by atoms with Gasteiger partial charge in [-0.1, -0.05) is 0 Å². The second kappa shape index (κ2) is 4.94. The molecular formula is C9H13FN4O2S. The second-order valence-electron chi connectivity index (χ2n) is 3.61. The van der Waals surface area contributed by atoms with E-state index in [-0.39, 0.29) is 5.69 Å². The summed E-state index contributed by atoms with van der Waals surface area (Å²) in [5.74, 6) is -0.689. The molecular weight excluding hydrogens is 247 g/mol. The molecule has 0 aromatic carbocycles. The van der Waals surface area contributed by atoms with Gasteiger partial charge in [-0.2, -0.15) is 12.7 Å². The van der Waals surface area contributed by atoms with Crippen molar-refractivity contribution in [3.05, 3.63) is 24.3 Å². The Morgan fingerprint density at radius 2 is 2.12 bits per heavy atom. The molecule has 0 unspecified atom stereocenters. The predicted molar refractivity (Wildman–Crippen MR) is 61.2 cm³/mol. The molecule has 6 nitrogen and oxygen atoms in total. The number of hydrogen-bond donors (Lipinski definition) is 2. The molecule has 1 saturated heterocycles. The maximum Gasteiger partial charge on any atom is 0.301 e. The number of nitrogens with zero attached hydrogens (tertiary/aromatic N) is 2. The van der Waals surface area contributed by atoms with E-state index in [0.717, 1.165) is 6.20 Å². The molecule has 1 aromatic heterocycles. The standard InChI is InChI=1S/C9H13FN4O2S/c10-8-7-12-2-1-9(8)13-17(15,16)14-5-3-11-4-6-14/h1-2,7,11H,3-6H2,(H,12,13). The molecule has 0 atom stereocenters. The molecule has 1 aromatic rings. The summed E-state index contributed by atoms with van der Waals surface area (Å²) >= 11 is 0. The molecule has 0 spiro atoms. The number of anilines is 1. The predicted octanol–water partition coefficient (Wildman–Crippen LogP) is -0.217. The Morgan fingerprint density at radius 3 is 2.76 bits per heavy atom. The van der Waals surface area contributed by atoms with Gasteiger partial charge in [0.2, 0.25) is 0 Å². The summed E-state index contributed by atoms with van der Waals surface area (Å²) in [6.07, 6.45) is 2.30. The van der Waals surface area contributed by atoms with Crippen molar-refractivity contribution in [1.82, 2.24) is 14.6 Å². The molecule has 8 heteroatoms. The van der Waals surface area contributed by atoms with Gasteiger partial charge >= 0.3 is 10.2 Å². The molecule has 1 aliphatic heterocycles. The Morgan fingerprint density at radius 1 is 1.41 bits per heavy atom. The Labute approximate surface area is 99.0 Å². The number of aromatic nitrogens is 1. The maximum absolute atomic E-state index is 13.3. The molecule has 2 heterocycles. The number of nitrogens with one attached hydrogen (secondary N) is 2. The minimum atomic E-state index is -3.68. The average molecular weight is 260 g/mol. The SMILES string of the molecule is O=S(=O)(Nc1ccncc1F)N1CCNCC1. The molecule has 0 aliphatic carbocycles. The minimum Gasteiger partial charge on any atom is -0.314 e. The number of piperazine rings is 1. The van der Waals surface area contributed by atoms with Crippen LogP contribution in [0.1, 0.15) is 0 Å². The van der Waals surface area contributed by atoms with Crippen LogP contribution in [0.25, 0.3) is 0 Å². The van der Waals surface area contributed by atoms with Crippen LogP contribution in [0.3, 0.4) is 0 Å². The Hall–Kier alpha value is -1.25. The van der Waals surface area contributed by atoms with Gasteiger partial charge in [-0.15, -0.1) is 0 Å².